The molecule has 0 radical (unpaired) electrons. The van der Waals surface area contributed by atoms with Crippen LogP contribution in [-0.4, -0.2) is 102 Å². The van der Waals surface area contributed by atoms with Gasteiger partial charge in [-0.3, -0.25) is 19.2 Å². The standard InChI is InChI=1S/C37H42F3N7O6/c1-19-17-47(14-13-46(19)3)37(51)30(42-29(48)18-52-4)20(2)22-11-12-28(27(38)15-22)41-35(49)32(43-36(50)33-31(21-9-10-21)44-53-45-33)25-16-26(34(39)40)24-8-6-5-7-23(24)25/h5-8,11-12,15,19-21,25,30,32H,9-10,13-14,16-18H2,1-4H3,(H,41,49)(H,42,48)(H,43,50)/t19-,20+,25?,30-,32?/m1/s1. The monoisotopic (exact) mass is 737 g/mol. The summed E-state index contributed by atoms with van der Waals surface area (Å²) in [4.78, 5) is 57.8. The minimum absolute atomic E-state index is 0.0139. The number of amides is 4. The lowest BCUT2D eigenvalue weighted by Gasteiger charge is -2.40. The summed E-state index contributed by atoms with van der Waals surface area (Å²) >= 11 is 0. The van der Waals surface area contributed by atoms with Crippen LogP contribution in [0.3, 0.4) is 0 Å². The lowest BCUT2D eigenvalue weighted by molar-refractivity contribution is -0.140. The van der Waals surface area contributed by atoms with Gasteiger partial charge in [-0.05, 0) is 67.2 Å². The molecule has 2 heterocycles. The number of benzene rings is 2. The van der Waals surface area contributed by atoms with E-state index in [0.717, 1.165) is 18.9 Å². The van der Waals surface area contributed by atoms with Gasteiger partial charge in [-0.25, -0.2) is 9.02 Å². The highest BCUT2D eigenvalue weighted by atomic mass is 19.3. The Morgan fingerprint density at radius 3 is 2.49 bits per heavy atom. The minimum Gasteiger partial charge on any atom is -0.375 e. The number of rotatable bonds is 12. The fourth-order valence-corrected chi connectivity index (χ4v) is 7.06. The largest absolute Gasteiger partial charge is 0.375 e. The average Bonchev–Trinajstić information content (AvgIpc) is 3.72. The van der Waals surface area contributed by atoms with Crippen LogP contribution in [0.4, 0.5) is 18.9 Å². The molecule has 5 atom stereocenters. The third-order valence-electron chi connectivity index (χ3n) is 10.4. The van der Waals surface area contributed by atoms with E-state index in [4.69, 9.17) is 9.37 Å². The van der Waals surface area contributed by atoms with E-state index in [-0.39, 0.29) is 53.4 Å². The number of piperazine rings is 1. The smallest absolute Gasteiger partial charge is 0.276 e. The summed E-state index contributed by atoms with van der Waals surface area (Å²) in [6, 6.07) is 8.00. The van der Waals surface area contributed by atoms with E-state index in [1.54, 1.807) is 30.0 Å². The summed E-state index contributed by atoms with van der Waals surface area (Å²) in [5.41, 5.74) is 0.776. The van der Waals surface area contributed by atoms with Gasteiger partial charge in [-0.15, -0.1) is 0 Å². The van der Waals surface area contributed by atoms with Crippen molar-refractivity contribution in [1.82, 2.24) is 30.7 Å². The molecular weight excluding hydrogens is 695 g/mol. The Morgan fingerprint density at radius 1 is 1.06 bits per heavy atom. The molecule has 2 fully saturated rings. The lowest BCUT2D eigenvalue weighted by atomic mass is 9.91. The Hall–Kier alpha value is -5.09. The van der Waals surface area contributed by atoms with Crippen molar-refractivity contribution < 1.29 is 41.7 Å². The fraction of sp³-hybridized carbons (Fsp3) is 0.459. The van der Waals surface area contributed by atoms with E-state index in [0.29, 0.717) is 36.5 Å². The summed E-state index contributed by atoms with van der Waals surface area (Å²) < 4.78 is 53.9. The molecule has 3 N–H and O–H groups in total. The number of halogens is 3. The fourth-order valence-electron chi connectivity index (χ4n) is 7.06. The molecule has 3 aliphatic rings. The van der Waals surface area contributed by atoms with Crippen molar-refractivity contribution in [3.63, 3.8) is 0 Å². The molecule has 53 heavy (non-hydrogen) atoms. The first kappa shape index (κ1) is 37.7. The van der Waals surface area contributed by atoms with Gasteiger partial charge in [0.2, 0.25) is 17.7 Å². The van der Waals surface area contributed by atoms with Crippen molar-refractivity contribution in [2.75, 3.05) is 45.7 Å². The summed E-state index contributed by atoms with van der Waals surface area (Å²) in [6.07, 6.45) is -0.594. The van der Waals surface area contributed by atoms with Crippen LogP contribution in [-0.2, 0) is 19.1 Å². The second-order valence-corrected chi connectivity index (χ2v) is 14.0. The Balaban J connectivity index is 1.26. The molecule has 2 aliphatic carbocycles. The summed E-state index contributed by atoms with van der Waals surface area (Å²) in [6.45, 7) is 4.96. The van der Waals surface area contributed by atoms with Crippen LogP contribution in [0.5, 0.6) is 0 Å². The number of carbonyl (C=O) groups is 4. The maximum atomic E-state index is 15.9. The summed E-state index contributed by atoms with van der Waals surface area (Å²) in [5, 5.41) is 15.5. The molecule has 1 saturated carbocycles. The van der Waals surface area contributed by atoms with Gasteiger partial charge in [0, 0.05) is 56.1 Å². The molecule has 6 rings (SSSR count). The molecule has 0 bridgehead atoms. The van der Waals surface area contributed by atoms with Gasteiger partial charge < -0.3 is 30.5 Å². The third kappa shape index (κ3) is 8.13. The maximum Gasteiger partial charge on any atom is 0.276 e. The number of nitrogens with zero attached hydrogens (tertiary/aromatic N) is 4. The molecular formula is C37H42F3N7O6. The normalized spacial score (nSPS) is 20.3. The van der Waals surface area contributed by atoms with Crippen LogP contribution < -0.4 is 16.0 Å². The van der Waals surface area contributed by atoms with Crippen molar-refractivity contribution in [1.29, 1.82) is 0 Å². The van der Waals surface area contributed by atoms with Crippen LogP contribution in [0, 0.1) is 5.82 Å². The van der Waals surface area contributed by atoms with Gasteiger partial charge in [0.1, 0.15) is 30.2 Å². The SMILES string of the molecule is COCC(=O)N[C@@H](C(=O)N1CCN(C)[C@H](C)C1)[C@@H](C)c1ccc(NC(=O)C(NC(=O)c2nonc2C2CC2)C2CC(=C(F)F)c3ccccc32)c(F)c1. The van der Waals surface area contributed by atoms with Crippen LogP contribution in [0.1, 0.15) is 83.7 Å². The Morgan fingerprint density at radius 2 is 1.81 bits per heavy atom. The number of ether oxygens (including phenoxy) is 1. The number of fused-ring (bicyclic) bond motifs is 1. The van der Waals surface area contributed by atoms with E-state index in [9.17, 15) is 28.0 Å². The van der Waals surface area contributed by atoms with Crippen molar-refractivity contribution in [3.05, 3.63) is 82.4 Å². The molecule has 2 aromatic carbocycles. The van der Waals surface area contributed by atoms with E-state index >= 15 is 4.39 Å². The first-order valence-corrected chi connectivity index (χ1v) is 17.5. The van der Waals surface area contributed by atoms with E-state index < -0.39 is 53.5 Å². The molecule has 282 valence electrons. The molecule has 0 spiro atoms. The predicted octanol–water partition coefficient (Wildman–Crippen LogP) is 4.02. The van der Waals surface area contributed by atoms with Crippen molar-refractivity contribution in [3.8, 4) is 0 Å². The third-order valence-corrected chi connectivity index (χ3v) is 10.4. The average molecular weight is 738 g/mol. The molecule has 16 heteroatoms. The van der Waals surface area contributed by atoms with E-state index in [1.807, 2.05) is 14.0 Å². The quantitative estimate of drug-likeness (QED) is 0.250. The number of anilines is 1. The zero-order valence-corrected chi connectivity index (χ0v) is 29.8. The van der Waals surface area contributed by atoms with Crippen LogP contribution in [0.2, 0.25) is 0 Å². The van der Waals surface area contributed by atoms with Gasteiger partial charge in [-0.1, -0.05) is 42.4 Å². The predicted molar refractivity (Wildman–Crippen MR) is 186 cm³/mol. The molecule has 3 aromatic rings. The summed E-state index contributed by atoms with van der Waals surface area (Å²) in [7, 11) is 3.33. The van der Waals surface area contributed by atoms with Crippen molar-refractivity contribution >= 4 is 34.9 Å². The second kappa shape index (κ2) is 15.9. The van der Waals surface area contributed by atoms with Crippen molar-refractivity contribution in [2.24, 2.45) is 0 Å². The maximum absolute atomic E-state index is 15.9. The molecule has 4 amide bonds. The zero-order valence-electron chi connectivity index (χ0n) is 29.8. The topological polar surface area (TPSA) is 159 Å². The number of hydrogen-bond acceptors (Lipinski definition) is 9. The molecule has 1 aromatic heterocycles. The highest BCUT2D eigenvalue weighted by Gasteiger charge is 2.41. The van der Waals surface area contributed by atoms with Gasteiger partial charge in [-0.2, -0.15) is 8.78 Å². The van der Waals surface area contributed by atoms with Crippen LogP contribution >= 0.6 is 0 Å². The zero-order chi connectivity index (χ0) is 38.0. The van der Waals surface area contributed by atoms with Crippen LogP contribution in [0.15, 0.2) is 53.2 Å². The van der Waals surface area contributed by atoms with Gasteiger partial charge >= 0.3 is 0 Å². The number of likely N-dealkylation sites (N-methyl/N-ethyl adjacent to an activating group) is 1. The first-order chi connectivity index (χ1) is 25.4. The van der Waals surface area contributed by atoms with Crippen LogP contribution in [0.25, 0.3) is 5.57 Å². The highest BCUT2D eigenvalue weighted by molar-refractivity contribution is 6.02. The molecule has 1 saturated heterocycles. The number of nitrogens with one attached hydrogen (secondary N) is 3. The molecule has 2 unspecified atom stereocenters. The molecule has 1 aliphatic heterocycles. The van der Waals surface area contributed by atoms with Gasteiger partial charge in [0.15, 0.2) is 5.69 Å². The Labute approximate surface area is 304 Å². The number of aromatic nitrogens is 2. The number of allylic oxidation sites excluding steroid dienone is 1. The highest BCUT2D eigenvalue weighted by Crippen LogP contribution is 2.45. The Bertz CT molecular complexity index is 1910. The number of hydrogen-bond donors (Lipinski definition) is 3. The number of methoxy groups -OCH3 is 1. The van der Waals surface area contributed by atoms with Gasteiger partial charge in [0.05, 0.1) is 5.69 Å². The second-order valence-electron chi connectivity index (χ2n) is 14.0. The Kier molecular flexibility index (Phi) is 11.3. The first-order valence-electron chi connectivity index (χ1n) is 17.5. The van der Waals surface area contributed by atoms with E-state index in [1.165, 1.54) is 25.3 Å². The molecule has 13 nitrogen and oxygen atoms in total. The summed E-state index contributed by atoms with van der Waals surface area (Å²) in [5.74, 6) is -4.96. The van der Waals surface area contributed by atoms with E-state index in [2.05, 4.69) is 31.2 Å². The minimum atomic E-state index is -1.91. The van der Waals surface area contributed by atoms with Gasteiger partial charge in [0.25, 0.3) is 12.0 Å². The lowest BCUT2D eigenvalue weighted by Crippen LogP contribution is -2.58. The van der Waals surface area contributed by atoms with Crippen molar-refractivity contribution in [2.45, 2.75) is 69.0 Å². The number of carbonyl (C=O) groups excluding carboxylic acids is 4.